The molecule has 0 radical (unpaired) electrons. The fraction of sp³-hybridized carbons (Fsp3) is 0.417. The molecule has 88 valence electrons. The smallest absolute Gasteiger partial charge is 0.282 e. The largest absolute Gasteiger partial charge is 0.348 e. The molecular formula is C12H13N3OS. The summed E-state index contributed by atoms with van der Waals surface area (Å²) < 4.78 is 0. The molecule has 0 saturated carbocycles. The lowest BCUT2D eigenvalue weighted by Gasteiger charge is -2.26. The number of piperidine rings is 1. The van der Waals surface area contributed by atoms with Gasteiger partial charge in [0, 0.05) is 19.3 Å². The first-order valence-electron chi connectivity index (χ1n) is 5.85. The molecule has 1 aliphatic heterocycles. The topological polar surface area (TPSA) is 46.1 Å². The number of nitrogens with zero attached hydrogens (tertiary/aromatic N) is 3. The molecule has 0 bridgehead atoms. The Balaban J connectivity index is 2.08. The van der Waals surface area contributed by atoms with Crippen molar-refractivity contribution in [1.82, 2.24) is 9.97 Å². The van der Waals surface area contributed by atoms with Gasteiger partial charge in [0.15, 0.2) is 5.13 Å². The number of rotatable bonds is 1. The van der Waals surface area contributed by atoms with Crippen molar-refractivity contribution in [3.63, 3.8) is 0 Å². The van der Waals surface area contributed by atoms with Gasteiger partial charge in [0.25, 0.3) is 5.56 Å². The Labute approximate surface area is 103 Å². The molecule has 3 rings (SSSR count). The quantitative estimate of drug-likeness (QED) is 0.773. The molecule has 0 atom stereocenters. The molecule has 0 aromatic carbocycles. The van der Waals surface area contributed by atoms with Crippen molar-refractivity contribution >= 4 is 26.7 Å². The lowest BCUT2D eigenvalue weighted by molar-refractivity contribution is 0.576. The molecule has 2 aromatic rings. The Kier molecular flexibility index (Phi) is 2.76. The average Bonchev–Trinajstić information content (AvgIpc) is 2.40. The van der Waals surface area contributed by atoms with Gasteiger partial charge in [-0.2, -0.15) is 4.98 Å². The Morgan fingerprint density at radius 3 is 2.88 bits per heavy atom. The third-order valence-electron chi connectivity index (χ3n) is 3.01. The van der Waals surface area contributed by atoms with Gasteiger partial charge in [0.2, 0.25) is 0 Å². The van der Waals surface area contributed by atoms with Gasteiger partial charge in [-0.1, -0.05) is 11.3 Å². The van der Waals surface area contributed by atoms with Crippen LogP contribution in [0.4, 0.5) is 5.13 Å². The second kappa shape index (κ2) is 4.41. The molecule has 1 saturated heterocycles. The van der Waals surface area contributed by atoms with E-state index < -0.39 is 0 Å². The van der Waals surface area contributed by atoms with Crippen molar-refractivity contribution in [2.75, 3.05) is 18.0 Å². The zero-order chi connectivity index (χ0) is 11.7. The van der Waals surface area contributed by atoms with E-state index in [2.05, 4.69) is 14.9 Å². The Morgan fingerprint density at radius 1 is 1.24 bits per heavy atom. The van der Waals surface area contributed by atoms with Crippen molar-refractivity contribution in [3.05, 3.63) is 28.7 Å². The summed E-state index contributed by atoms with van der Waals surface area (Å²) in [6, 6.07) is 3.56. The molecule has 0 N–H and O–H groups in total. The summed E-state index contributed by atoms with van der Waals surface area (Å²) >= 11 is 1.51. The lowest BCUT2D eigenvalue weighted by atomic mass is 10.1. The third kappa shape index (κ3) is 2.02. The van der Waals surface area contributed by atoms with Crippen LogP contribution in [0.5, 0.6) is 0 Å². The predicted molar refractivity (Wildman–Crippen MR) is 69.7 cm³/mol. The van der Waals surface area contributed by atoms with Crippen molar-refractivity contribution in [2.45, 2.75) is 19.3 Å². The summed E-state index contributed by atoms with van der Waals surface area (Å²) in [6.45, 7) is 2.00. The van der Waals surface area contributed by atoms with E-state index in [1.54, 1.807) is 18.3 Å². The first kappa shape index (κ1) is 10.7. The summed E-state index contributed by atoms with van der Waals surface area (Å²) in [5.41, 5.74) is -0.160. The van der Waals surface area contributed by atoms with E-state index in [1.165, 1.54) is 30.6 Å². The minimum absolute atomic E-state index is 0.160. The highest BCUT2D eigenvalue weighted by molar-refractivity contribution is 7.21. The summed E-state index contributed by atoms with van der Waals surface area (Å²) in [6.07, 6.45) is 5.36. The summed E-state index contributed by atoms with van der Waals surface area (Å²) in [7, 11) is 0. The minimum Gasteiger partial charge on any atom is -0.348 e. The van der Waals surface area contributed by atoms with E-state index in [1.807, 2.05) is 0 Å². The summed E-state index contributed by atoms with van der Waals surface area (Å²) in [4.78, 5) is 23.3. The zero-order valence-electron chi connectivity index (χ0n) is 9.43. The number of hydrogen-bond acceptors (Lipinski definition) is 5. The maximum absolute atomic E-state index is 11.9. The van der Waals surface area contributed by atoms with Crippen LogP contribution in [0.3, 0.4) is 0 Å². The standard InChI is InChI=1S/C12H13N3OS/c16-10-9-5-4-6-13-11(9)17-12(14-10)15-7-2-1-3-8-15/h4-6H,1-3,7-8H2. The number of fused-ring (bicyclic) bond motifs is 1. The molecular weight excluding hydrogens is 234 g/mol. The van der Waals surface area contributed by atoms with Crippen LogP contribution < -0.4 is 10.5 Å². The monoisotopic (exact) mass is 247 g/mol. The van der Waals surface area contributed by atoms with Crippen LogP contribution >= 0.6 is 11.3 Å². The molecule has 2 aromatic heterocycles. The van der Waals surface area contributed by atoms with Crippen LogP contribution in [-0.4, -0.2) is 23.1 Å². The van der Waals surface area contributed by atoms with E-state index in [0.29, 0.717) is 5.39 Å². The van der Waals surface area contributed by atoms with Gasteiger partial charge < -0.3 is 4.90 Å². The van der Waals surface area contributed by atoms with E-state index in [9.17, 15) is 4.79 Å². The minimum atomic E-state index is -0.160. The van der Waals surface area contributed by atoms with Gasteiger partial charge in [-0.15, -0.1) is 0 Å². The van der Waals surface area contributed by atoms with E-state index in [0.717, 1.165) is 23.1 Å². The molecule has 1 aliphatic rings. The van der Waals surface area contributed by atoms with Crippen LogP contribution in [0, 0.1) is 0 Å². The fourth-order valence-corrected chi connectivity index (χ4v) is 3.10. The van der Waals surface area contributed by atoms with Crippen LogP contribution in [0.25, 0.3) is 10.2 Å². The Morgan fingerprint density at radius 2 is 2.06 bits per heavy atom. The molecule has 0 spiro atoms. The molecule has 17 heavy (non-hydrogen) atoms. The van der Waals surface area contributed by atoms with Gasteiger partial charge in [-0.05, 0) is 31.4 Å². The van der Waals surface area contributed by atoms with Gasteiger partial charge in [-0.25, -0.2) is 4.98 Å². The molecule has 0 amide bonds. The van der Waals surface area contributed by atoms with Gasteiger partial charge in [0.1, 0.15) is 4.83 Å². The SMILES string of the molecule is O=c1nc(N2CCCCC2)sc2ncccc12. The number of aromatic nitrogens is 2. The average molecular weight is 247 g/mol. The second-order valence-corrected chi connectivity index (χ2v) is 5.16. The van der Waals surface area contributed by atoms with Crippen LogP contribution in [0.2, 0.25) is 0 Å². The molecule has 1 fully saturated rings. The number of hydrogen-bond donors (Lipinski definition) is 0. The molecule has 0 aliphatic carbocycles. The third-order valence-corrected chi connectivity index (χ3v) is 4.06. The molecule has 5 heteroatoms. The number of anilines is 1. The first-order valence-corrected chi connectivity index (χ1v) is 6.67. The highest BCUT2D eigenvalue weighted by atomic mass is 32.1. The highest BCUT2D eigenvalue weighted by Crippen LogP contribution is 2.24. The molecule has 0 unspecified atom stereocenters. The maximum Gasteiger partial charge on any atom is 0.282 e. The maximum atomic E-state index is 11.9. The highest BCUT2D eigenvalue weighted by Gasteiger charge is 2.14. The lowest BCUT2D eigenvalue weighted by Crippen LogP contribution is -2.30. The van der Waals surface area contributed by atoms with E-state index >= 15 is 0 Å². The summed E-state index contributed by atoms with van der Waals surface area (Å²) in [5.74, 6) is 0. The van der Waals surface area contributed by atoms with Crippen molar-refractivity contribution < 1.29 is 0 Å². The van der Waals surface area contributed by atoms with E-state index in [4.69, 9.17) is 0 Å². The van der Waals surface area contributed by atoms with Crippen LogP contribution in [0.1, 0.15) is 19.3 Å². The van der Waals surface area contributed by atoms with Gasteiger partial charge >= 0.3 is 0 Å². The second-order valence-electron chi connectivity index (χ2n) is 4.21. The summed E-state index contributed by atoms with van der Waals surface area (Å²) in [5, 5.41) is 1.44. The fourth-order valence-electron chi connectivity index (χ4n) is 2.11. The van der Waals surface area contributed by atoms with Crippen molar-refractivity contribution in [2.24, 2.45) is 0 Å². The van der Waals surface area contributed by atoms with Gasteiger partial charge in [-0.3, -0.25) is 4.79 Å². The molecule has 3 heterocycles. The van der Waals surface area contributed by atoms with Gasteiger partial charge in [0.05, 0.1) is 5.39 Å². The Hall–Kier alpha value is -1.49. The zero-order valence-corrected chi connectivity index (χ0v) is 10.2. The number of pyridine rings is 1. The van der Waals surface area contributed by atoms with Crippen molar-refractivity contribution in [1.29, 1.82) is 0 Å². The van der Waals surface area contributed by atoms with Crippen molar-refractivity contribution in [3.8, 4) is 0 Å². The normalized spacial score (nSPS) is 16.4. The van der Waals surface area contributed by atoms with E-state index in [-0.39, 0.29) is 5.56 Å². The van der Waals surface area contributed by atoms with Crippen LogP contribution in [0.15, 0.2) is 23.1 Å². The van der Waals surface area contributed by atoms with Crippen LogP contribution in [-0.2, 0) is 0 Å². The predicted octanol–water partition coefficient (Wildman–Crippen LogP) is 2.04. The first-order chi connectivity index (χ1) is 8.34. The Bertz CT molecular complexity index is 590. The molecule has 4 nitrogen and oxygen atoms in total.